The van der Waals surface area contributed by atoms with E-state index in [0.717, 1.165) is 12.8 Å². The van der Waals surface area contributed by atoms with E-state index in [1.54, 1.807) is 0 Å². The summed E-state index contributed by atoms with van der Waals surface area (Å²) in [5.74, 6) is -0.764. The van der Waals surface area contributed by atoms with Crippen molar-refractivity contribution in [1.82, 2.24) is 15.2 Å². The molecule has 1 aliphatic carbocycles. The van der Waals surface area contributed by atoms with Crippen LogP contribution in [0.4, 0.5) is 0 Å². The molecule has 2 amide bonds. The third-order valence-electron chi connectivity index (χ3n) is 2.70. The van der Waals surface area contributed by atoms with Gasteiger partial charge in [0, 0.05) is 19.3 Å². The molecular formula is C12H15N3O3. The minimum absolute atomic E-state index is 0.0168. The van der Waals surface area contributed by atoms with Gasteiger partial charge in [0.25, 0.3) is 5.91 Å². The van der Waals surface area contributed by atoms with Gasteiger partial charge in [-0.1, -0.05) is 0 Å². The Kier molecular flexibility index (Phi) is 3.45. The number of likely N-dealkylation sites (N-methyl/N-ethyl adjacent to an activating group) is 1. The first kappa shape index (κ1) is 12.3. The summed E-state index contributed by atoms with van der Waals surface area (Å²) in [5.41, 5.74) is 0.145. The molecule has 1 heterocycles. The second kappa shape index (κ2) is 5.03. The minimum Gasteiger partial charge on any atom is -0.505 e. The summed E-state index contributed by atoms with van der Waals surface area (Å²) in [6.07, 6.45) is 4.64. The average molecular weight is 249 g/mol. The lowest BCUT2D eigenvalue weighted by Crippen LogP contribution is -2.39. The van der Waals surface area contributed by atoms with Crippen LogP contribution in [-0.4, -0.2) is 46.4 Å². The van der Waals surface area contributed by atoms with E-state index in [-0.39, 0.29) is 29.8 Å². The van der Waals surface area contributed by atoms with Crippen molar-refractivity contribution < 1.29 is 14.7 Å². The van der Waals surface area contributed by atoms with Gasteiger partial charge in [0.1, 0.15) is 5.75 Å². The summed E-state index contributed by atoms with van der Waals surface area (Å²) >= 11 is 0. The van der Waals surface area contributed by atoms with Gasteiger partial charge in [0.15, 0.2) is 0 Å². The number of nitrogens with one attached hydrogen (secondary N) is 1. The SMILES string of the molecule is CN(CC(=O)NC1CC1)C(=O)c1ccncc1O. The first-order chi connectivity index (χ1) is 8.58. The van der Waals surface area contributed by atoms with Crippen LogP contribution in [0.15, 0.2) is 18.5 Å². The maximum Gasteiger partial charge on any atom is 0.257 e. The van der Waals surface area contributed by atoms with Crippen molar-refractivity contribution in [2.45, 2.75) is 18.9 Å². The fraction of sp³-hybridized carbons (Fsp3) is 0.417. The lowest BCUT2D eigenvalue weighted by molar-refractivity contribution is -0.121. The van der Waals surface area contributed by atoms with Crippen LogP contribution >= 0.6 is 0 Å². The van der Waals surface area contributed by atoms with Crippen LogP contribution in [0.1, 0.15) is 23.2 Å². The van der Waals surface area contributed by atoms with E-state index in [1.165, 1.54) is 30.4 Å². The molecule has 2 N–H and O–H groups in total. The summed E-state index contributed by atoms with van der Waals surface area (Å²) in [6, 6.07) is 1.70. The standard InChI is InChI=1S/C12H15N3O3/c1-15(7-11(17)14-8-2-3-8)12(18)9-4-5-13-6-10(9)16/h4-6,8,16H,2-3,7H2,1H3,(H,14,17). The van der Waals surface area contributed by atoms with Crippen molar-refractivity contribution in [3.63, 3.8) is 0 Å². The highest BCUT2D eigenvalue weighted by Gasteiger charge is 2.25. The largest absolute Gasteiger partial charge is 0.505 e. The normalized spacial score (nSPS) is 14.1. The monoisotopic (exact) mass is 249 g/mol. The second-order valence-electron chi connectivity index (χ2n) is 4.40. The van der Waals surface area contributed by atoms with Crippen molar-refractivity contribution >= 4 is 11.8 Å². The molecule has 0 aliphatic heterocycles. The van der Waals surface area contributed by atoms with Crippen LogP contribution in [0.2, 0.25) is 0 Å². The number of carbonyl (C=O) groups is 2. The van der Waals surface area contributed by atoms with E-state index in [4.69, 9.17) is 0 Å². The Morgan fingerprint density at radius 3 is 2.89 bits per heavy atom. The third kappa shape index (κ3) is 2.97. The van der Waals surface area contributed by atoms with Gasteiger partial charge in [0.2, 0.25) is 5.91 Å². The molecule has 1 aromatic rings. The van der Waals surface area contributed by atoms with Crippen molar-refractivity contribution in [3.05, 3.63) is 24.0 Å². The number of aromatic nitrogens is 1. The molecule has 1 fully saturated rings. The predicted molar refractivity (Wildman–Crippen MR) is 64.0 cm³/mol. The quantitative estimate of drug-likeness (QED) is 0.795. The van der Waals surface area contributed by atoms with E-state index >= 15 is 0 Å². The molecule has 96 valence electrons. The van der Waals surface area contributed by atoms with Crippen LogP contribution in [-0.2, 0) is 4.79 Å². The van der Waals surface area contributed by atoms with Crippen LogP contribution in [0.25, 0.3) is 0 Å². The van der Waals surface area contributed by atoms with Crippen molar-refractivity contribution in [2.75, 3.05) is 13.6 Å². The van der Waals surface area contributed by atoms with E-state index in [9.17, 15) is 14.7 Å². The van der Waals surface area contributed by atoms with Crippen LogP contribution in [0.3, 0.4) is 0 Å². The molecule has 0 bridgehead atoms. The molecule has 0 saturated heterocycles. The predicted octanol–water partition coefficient (Wildman–Crippen LogP) is 0.138. The molecule has 1 saturated carbocycles. The van der Waals surface area contributed by atoms with Crippen LogP contribution in [0.5, 0.6) is 5.75 Å². The third-order valence-corrected chi connectivity index (χ3v) is 2.70. The van der Waals surface area contributed by atoms with Crippen molar-refractivity contribution in [1.29, 1.82) is 0 Å². The summed E-state index contributed by atoms with van der Waals surface area (Å²) < 4.78 is 0. The number of amides is 2. The van der Waals surface area contributed by atoms with E-state index in [1.807, 2.05) is 0 Å². The van der Waals surface area contributed by atoms with E-state index in [0.29, 0.717) is 0 Å². The second-order valence-corrected chi connectivity index (χ2v) is 4.40. The summed E-state index contributed by atoms with van der Waals surface area (Å²) in [7, 11) is 1.52. The topological polar surface area (TPSA) is 82.5 Å². The number of rotatable bonds is 4. The first-order valence-corrected chi connectivity index (χ1v) is 5.75. The molecule has 0 radical (unpaired) electrons. The number of pyridine rings is 1. The van der Waals surface area contributed by atoms with Gasteiger partial charge >= 0.3 is 0 Å². The Labute approximate surface area is 105 Å². The fourth-order valence-electron chi connectivity index (χ4n) is 1.56. The van der Waals surface area contributed by atoms with Crippen LogP contribution in [0, 0.1) is 0 Å². The molecule has 0 spiro atoms. The highest BCUT2D eigenvalue weighted by molar-refractivity contribution is 5.98. The number of aromatic hydroxyl groups is 1. The number of nitrogens with zero attached hydrogens (tertiary/aromatic N) is 2. The number of hydrogen-bond acceptors (Lipinski definition) is 4. The first-order valence-electron chi connectivity index (χ1n) is 5.75. The highest BCUT2D eigenvalue weighted by atomic mass is 16.3. The van der Waals surface area contributed by atoms with Crippen molar-refractivity contribution in [2.24, 2.45) is 0 Å². The van der Waals surface area contributed by atoms with Gasteiger partial charge in [-0.3, -0.25) is 14.6 Å². The molecule has 1 aliphatic rings. The Hall–Kier alpha value is -2.11. The average Bonchev–Trinajstić information content (AvgIpc) is 3.12. The Balaban J connectivity index is 1.95. The maximum atomic E-state index is 12.0. The smallest absolute Gasteiger partial charge is 0.257 e. The molecule has 6 nitrogen and oxygen atoms in total. The summed E-state index contributed by atoms with van der Waals surface area (Å²) in [5, 5.41) is 12.3. The number of carbonyl (C=O) groups excluding carboxylic acids is 2. The Bertz CT molecular complexity index is 471. The molecule has 1 aromatic heterocycles. The summed E-state index contributed by atoms with van der Waals surface area (Å²) in [6.45, 7) is -0.0168. The number of hydrogen-bond donors (Lipinski definition) is 2. The molecular weight excluding hydrogens is 234 g/mol. The lowest BCUT2D eigenvalue weighted by atomic mass is 10.2. The van der Waals surface area contributed by atoms with Gasteiger partial charge in [-0.2, -0.15) is 0 Å². The van der Waals surface area contributed by atoms with Gasteiger partial charge in [0.05, 0.1) is 18.3 Å². The zero-order chi connectivity index (χ0) is 13.1. The van der Waals surface area contributed by atoms with Gasteiger partial charge in [-0.15, -0.1) is 0 Å². The Morgan fingerprint density at radius 2 is 2.28 bits per heavy atom. The summed E-state index contributed by atoms with van der Waals surface area (Å²) in [4.78, 5) is 28.5. The Morgan fingerprint density at radius 1 is 1.56 bits per heavy atom. The molecule has 0 aromatic carbocycles. The molecule has 2 rings (SSSR count). The lowest BCUT2D eigenvalue weighted by Gasteiger charge is -2.17. The van der Waals surface area contributed by atoms with Gasteiger partial charge in [-0.25, -0.2) is 0 Å². The van der Waals surface area contributed by atoms with E-state index in [2.05, 4.69) is 10.3 Å². The fourth-order valence-corrected chi connectivity index (χ4v) is 1.56. The minimum atomic E-state index is -0.402. The van der Waals surface area contributed by atoms with Crippen molar-refractivity contribution in [3.8, 4) is 5.75 Å². The van der Waals surface area contributed by atoms with E-state index < -0.39 is 5.91 Å². The molecule has 18 heavy (non-hydrogen) atoms. The zero-order valence-corrected chi connectivity index (χ0v) is 10.1. The zero-order valence-electron chi connectivity index (χ0n) is 10.1. The van der Waals surface area contributed by atoms with Gasteiger partial charge < -0.3 is 15.3 Å². The van der Waals surface area contributed by atoms with Gasteiger partial charge in [-0.05, 0) is 18.9 Å². The molecule has 0 atom stereocenters. The van der Waals surface area contributed by atoms with Crippen LogP contribution < -0.4 is 5.32 Å². The highest BCUT2D eigenvalue weighted by Crippen LogP contribution is 2.19. The molecule has 6 heteroatoms. The molecule has 0 unspecified atom stereocenters. The maximum absolute atomic E-state index is 12.0.